The number of aromatic nitrogens is 2. The van der Waals surface area contributed by atoms with E-state index in [1.54, 1.807) is 13.0 Å². The van der Waals surface area contributed by atoms with Crippen LogP contribution in [0, 0.1) is 26.6 Å². The number of pyridine rings is 1. The Labute approximate surface area is 192 Å². The summed E-state index contributed by atoms with van der Waals surface area (Å²) in [6.07, 6.45) is 1.40. The first-order valence-corrected chi connectivity index (χ1v) is 11.1. The molecule has 4 rings (SSSR count). The quantitative estimate of drug-likeness (QED) is 0.620. The second-order valence-electron chi connectivity index (χ2n) is 8.76. The Hall–Kier alpha value is -3.26. The number of nitrogens with zero attached hydrogens (tertiary/aromatic N) is 3. The lowest BCUT2D eigenvalue weighted by Crippen LogP contribution is -2.45. The van der Waals surface area contributed by atoms with Crippen LogP contribution in [-0.4, -0.2) is 41.3 Å². The van der Waals surface area contributed by atoms with Crippen molar-refractivity contribution in [2.75, 3.05) is 18.0 Å². The monoisotopic (exact) mass is 452 g/mol. The molecule has 1 aliphatic rings. The highest BCUT2D eigenvalue weighted by Crippen LogP contribution is 2.33. The summed E-state index contributed by atoms with van der Waals surface area (Å²) in [7, 11) is 0. The average molecular weight is 453 g/mol. The summed E-state index contributed by atoms with van der Waals surface area (Å²) < 4.78 is 26.4. The highest BCUT2D eigenvalue weighted by Gasteiger charge is 2.25. The Bertz CT molecular complexity index is 1150. The van der Waals surface area contributed by atoms with Crippen LogP contribution in [0.3, 0.4) is 0 Å². The Morgan fingerprint density at radius 1 is 1.12 bits per heavy atom. The van der Waals surface area contributed by atoms with E-state index in [-0.39, 0.29) is 30.5 Å². The number of morpholine rings is 1. The van der Waals surface area contributed by atoms with Crippen LogP contribution in [0.25, 0.3) is 11.1 Å². The zero-order valence-electron chi connectivity index (χ0n) is 19.6. The van der Waals surface area contributed by atoms with Gasteiger partial charge in [0.05, 0.1) is 17.9 Å². The summed E-state index contributed by atoms with van der Waals surface area (Å²) >= 11 is 0. The first kappa shape index (κ1) is 22.9. The first-order chi connectivity index (χ1) is 15.7. The van der Waals surface area contributed by atoms with Crippen molar-refractivity contribution in [2.45, 2.75) is 53.4 Å². The Morgan fingerprint density at radius 2 is 1.79 bits per heavy atom. The number of hydrogen-bond acceptors (Lipinski definition) is 6. The Kier molecular flexibility index (Phi) is 6.47. The predicted octanol–water partition coefficient (Wildman–Crippen LogP) is 4.34. The third kappa shape index (κ3) is 5.06. The van der Waals surface area contributed by atoms with E-state index in [2.05, 4.69) is 20.4 Å². The van der Waals surface area contributed by atoms with Gasteiger partial charge in [0, 0.05) is 42.3 Å². The molecule has 0 spiro atoms. The van der Waals surface area contributed by atoms with E-state index in [9.17, 15) is 4.79 Å². The van der Waals surface area contributed by atoms with Crippen molar-refractivity contribution >= 4 is 11.6 Å². The van der Waals surface area contributed by atoms with Crippen LogP contribution >= 0.6 is 0 Å². The SMILES string of the molecule is Cc1cc(-c2c(F)cc(N3CC(C)OC(C)C3)cc2CNC(=O)c2conc2C)cc(C)n1. The van der Waals surface area contributed by atoms with Crippen molar-refractivity contribution in [2.24, 2.45) is 0 Å². The molecule has 0 radical (unpaired) electrons. The number of amides is 1. The third-order valence-corrected chi connectivity index (χ3v) is 5.75. The zero-order valence-corrected chi connectivity index (χ0v) is 19.6. The van der Waals surface area contributed by atoms with E-state index in [1.807, 2.05) is 45.9 Å². The van der Waals surface area contributed by atoms with E-state index >= 15 is 4.39 Å². The summed E-state index contributed by atoms with van der Waals surface area (Å²) in [6, 6.07) is 7.24. The van der Waals surface area contributed by atoms with Crippen LogP contribution in [0.1, 0.15) is 46.9 Å². The standard InChI is InChI=1S/C25H29FN4O3/c1-14-6-19(7-15(2)28-14)24-20(10-27-25(31)22-13-32-29-18(22)5)8-21(9-23(24)26)30-11-16(3)33-17(4)12-30/h6-9,13,16-17H,10-12H2,1-5H3,(H,27,31). The van der Waals surface area contributed by atoms with Gasteiger partial charge >= 0.3 is 0 Å². The molecule has 3 aromatic rings. The number of anilines is 1. The molecule has 1 aliphatic heterocycles. The molecule has 2 aromatic heterocycles. The van der Waals surface area contributed by atoms with Crippen molar-refractivity contribution in [1.82, 2.24) is 15.5 Å². The van der Waals surface area contributed by atoms with Gasteiger partial charge in [0.15, 0.2) is 0 Å². The molecule has 1 fully saturated rings. The molecule has 2 atom stereocenters. The molecule has 0 bridgehead atoms. The van der Waals surface area contributed by atoms with Crippen LogP contribution < -0.4 is 10.2 Å². The highest BCUT2D eigenvalue weighted by atomic mass is 19.1. The lowest BCUT2D eigenvalue weighted by molar-refractivity contribution is -0.00523. The van der Waals surface area contributed by atoms with Gasteiger partial charge < -0.3 is 19.5 Å². The van der Waals surface area contributed by atoms with Gasteiger partial charge in [-0.2, -0.15) is 0 Å². The number of benzene rings is 1. The molecular formula is C25H29FN4O3. The fraction of sp³-hybridized carbons (Fsp3) is 0.400. The topological polar surface area (TPSA) is 80.5 Å². The molecule has 0 saturated carbocycles. The van der Waals surface area contributed by atoms with Crippen LogP contribution in [0.2, 0.25) is 0 Å². The van der Waals surface area contributed by atoms with Crippen LogP contribution in [-0.2, 0) is 11.3 Å². The number of nitrogens with one attached hydrogen (secondary N) is 1. The maximum absolute atomic E-state index is 15.7. The number of aryl methyl sites for hydroxylation is 3. The molecule has 1 N–H and O–H groups in total. The van der Waals surface area contributed by atoms with Gasteiger partial charge in [0.1, 0.15) is 17.6 Å². The lowest BCUT2D eigenvalue weighted by Gasteiger charge is -2.37. The number of ether oxygens (including phenoxy) is 1. The van der Waals surface area contributed by atoms with Gasteiger partial charge in [-0.15, -0.1) is 0 Å². The van der Waals surface area contributed by atoms with E-state index < -0.39 is 0 Å². The van der Waals surface area contributed by atoms with Gasteiger partial charge in [-0.1, -0.05) is 5.16 Å². The number of hydrogen-bond donors (Lipinski definition) is 1. The van der Waals surface area contributed by atoms with Crippen LogP contribution in [0.5, 0.6) is 0 Å². The second kappa shape index (κ2) is 9.31. The fourth-order valence-electron chi connectivity index (χ4n) is 4.44. The normalized spacial score (nSPS) is 18.4. The van der Waals surface area contributed by atoms with E-state index in [4.69, 9.17) is 9.26 Å². The Morgan fingerprint density at radius 3 is 2.39 bits per heavy atom. The largest absolute Gasteiger partial charge is 0.372 e. The van der Waals surface area contributed by atoms with Gasteiger partial charge in [0.25, 0.3) is 5.91 Å². The molecule has 8 heteroatoms. The number of carbonyl (C=O) groups is 1. The van der Waals surface area contributed by atoms with Crippen molar-refractivity contribution in [3.63, 3.8) is 0 Å². The summed E-state index contributed by atoms with van der Waals surface area (Å²) in [5.74, 6) is -0.657. The second-order valence-corrected chi connectivity index (χ2v) is 8.76. The molecule has 0 aliphatic carbocycles. The lowest BCUT2D eigenvalue weighted by atomic mass is 9.96. The maximum atomic E-state index is 15.7. The minimum absolute atomic E-state index is 0.0432. The fourth-order valence-corrected chi connectivity index (χ4v) is 4.44. The molecule has 1 saturated heterocycles. The van der Waals surface area contributed by atoms with Crippen LogP contribution in [0.4, 0.5) is 10.1 Å². The van der Waals surface area contributed by atoms with Crippen molar-refractivity contribution in [3.8, 4) is 11.1 Å². The first-order valence-electron chi connectivity index (χ1n) is 11.1. The van der Waals surface area contributed by atoms with Gasteiger partial charge in [-0.3, -0.25) is 9.78 Å². The van der Waals surface area contributed by atoms with Crippen LogP contribution in [0.15, 0.2) is 35.1 Å². The molecule has 33 heavy (non-hydrogen) atoms. The van der Waals surface area contributed by atoms with Gasteiger partial charge in [-0.25, -0.2) is 4.39 Å². The minimum atomic E-state index is -0.338. The number of halogens is 1. The smallest absolute Gasteiger partial charge is 0.256 e. The predicted molar refractivity (Wildman–Crippen MR) is 124 cm³/mol. The van der Waals surface area contributed by atoms with Crippen molar-refractivity contribution in [1.29, 1.82) is 0 Å². The maximum Gasteiger partial charge on any atom is 0.256 e. The molecule has 3 heterocycles. The number of rotatable bonds is 5. The zero-order chi connectivity index (χ0) is 23.7. The van der Waals surface area contributed by atoms with Crippen molar-refractivity contribution in [3.05, 3.63) is 64.6 Å². The highest BCUT2D eigenvalue weighted by molar-refractivity contribution is 5.94. The average Bonchev–Trinajstić information content (AvgIpc) is 3.16. The van der Waals surface area contributed by atoms with E-state index in [0.717, 1.165) is 22.6 Å². The minimum Gasteiger partial charge on any atom is -0.372 e. The molecule has 1 aromatic carbocycles. The summed E-state index contributed by atoms with van der Waals surface area (Å²) in [5, 5.41) is 6.65. The van der Waals surface area contributed by atoms with Gasteiger partial charge in [0.2, 0.25) is 0 Å². The molecule has 1 amide bonds. The van der Waals surface area contributed by atoms with E-state index in [0.29, 0.717) is 35.5 Å². The van der Waals surface area contributed by atoms with Gasteiger partial charge in [-0.05, 0) is 70.0 Å². The van der Waals surface area contributed by atoms with E-state index in [1.165, 1.54) is 6.26 Å². The molecule has 7 nitrogen and oxygen atoms in total. The summed E-state index contributed by atoms with van der Waals surface area (Å²) in [6.45, 7) is 11.0. The summed E-state index contributed by atoms with van der Waals surface area (Å²) in [5.41, 5.74) is 5.13. The third-order valence-electron chi connectivity index (χ3n) is 5.75. The number of carbonyl (C=O) groups excluding carboxylic acids is 1. The Balaban J connectivity index is 1.73. The molecule has 2 unspecified atom stereocenters. The van der Waals surface area contributed by atoms with Crippen molar-refractivity contribution < 1.29 is 18.4 Å². The summed E-state index contributed by atoms with van der Waals surface area (Å²) in [4.78, 5) is 19.2. The molecule has 174 valence electrons. The molecular weight excluding hydrogens is 423 g/mol.